The summed E-state index contributed by atoms with van der Waals surface area (Å²) in [5.74, 6) is 1.44. The van der Waals surface area contributed by atoms with Crippen LogP contribution in [-0.2, 0) is 11.3 Å². The van der Waals surface area contributed by atoms with Crippen LogP contribution >= 0.6 is 23.2 Å². The maximum Gasteiger partial charge on any atom is 0.275 e. The van der Waals surface area contributed by atoms with E-state index in [1.807, 2.05) is 38.2 Å². The Hall–Kier alpha value is -1.95. The van der Waals surface area contributed by atoms with Gasteiger partial charge in [-0.2, -0.15) is 0 Å². The van der Waals surface area contributed by atoms with Gasteiger partial charge in [0.1, 0.15) is 19.8 Å². The van der Waals surface area contributed by atoms with Gasteiger partial charge in [-0.25, -0.2) is 0 Å². The molecule has 0 radical (unpaired) electrons. The second-order valence-electron chi connectivity index (χ2n) is 6.74. The number of rotatable bonds is 6. The molecule has 2 N–H and O–H groups in total. The van der Waals surface area contributed by atoms with Gasteiger partial charge in [-0.1, -0.05) is 35.3 Å². The van der Waals surface area contributed by atoms with Crippen LogP contribution in [0.1, 0.15) is 24.1 Å². The Kier molecular flexibility index (Phi) is 6.47. The number of fused-ring (bicyclic) bond motifs is 1. The highest BCUT2D eigenvalue weighted by molar-refractivity contribution is 6.35. The second-order valence-corrected chi connectivity index (χ2v) is 7.58. The summed E-state index contributed by atoms with van der Waals surface area (Å²) in [6.45, 7) is 4.04. The van der Waals surface area contributed by atoms with Crippen molar-refractivity contribution in [3.63, 3.8) is 0 Å². The number of likely N-dealkylation sites (N-methyl/N-ethyl adjacent to an activating group) is 1. The topological polar surface area (TPSA) is 52.0 Å². The van der Waals surface area contributed by atoms with Crippen LogP contribution < -0.4 is 19.7 Å². The lowest BCUT2D eigenvalue weighted by Crippen LogP contribution is -3.08. The van der Waals surface area contributed by atoms with Crippen LogP contribution in [0.2, 0.25) is 10.0 Å². The highest BCUT2D eigenvalue weighted by Gasteiger charge is 2.18. The molecule has 0 saturated heterocycles. The van der Waals surface area contributed by atoms with Crippen molar-refractivity contribution < 1.29 is 19.2 Å². The number of carbonyl (C=O) groups excluding carboxylic acids is 1. The fourth-order valence-electron chi connectivity index (χ4n) is 3.03. The van der Waals surface area contributed by atoms with E-state index in [1.165, 1.54) is 0 Å². The van der Waals surface area contributed by atoms with Gasteiger partial charge >= 0.3 is 0 Å². The van der Waals surface area contributed by atoms with Crippen molar-refractivity contribution >= 4 is 29.1 Å². The minimum Gasteiger partial charge on any atom is -0.486 e. The Morgan fingerprint density at radius 3 is 2.63 bits per heavy atom. The molecule has 3 rings (SSSR count). The smallest absolute Gasteiger partial charge is 0.275 e. The van der Waals surface area contributed by atoms with E-state index in [2.05, 4.69) is 5.32 Å². The van der Waals surface area contributed by atoms with E-state index in [1.54, 1.807) is 12.1 Å². The molecule has 0 saturated carbocycles. The molecule has 1 aliphatic rings. The van der Waals surface area contributed by atoms with Gasteiger partial charge in [0.25, 0.3) is 5.91 Å². The van der Waals surface area contributed by atoms with Crippen molar-refractivity contribution in [3.8, 4) is 11.5 Å². The summed E-state index contributed by atoms with van der Waals surface area (Å²) in [6.07, 6.45) is 0. The van der Waals surface area contributed by atoms with E-state index in [-0.39, 0.29) is 11.9 Å². The molecule has 144 valence electrons. The first-order chi connectivity index (χ1) is 12.9. The lowest BCUT2D eigenvalue weighted by molar-refractivity contribution is -0.885. The standard InChI is InChI=1S/C20H22Cl2N2O3/c1-13(14-4-6-18-19(9-14)27-8-7-26-18)23-20(25)12-24(2)11-15-3-5-16(21)10-17(15)22/h3-6,9-10,13H,7-8,11-12H2,1-2H3,(H,23,25)/p+1/t13-/m0/s1. The highest BCUT2D eigenvalue weighted by Crippen LogP contribution is 2.32. The third kappa shape index (κ3) is 5.28. The minimum atomic E-state index is -0.125. The monoisotopic (exact) mass is 409 g/mol. The van der Waals surface area contributed by atoms with Crippen molar-refractivity contribution in [1.82, 2.24) is 5.32 Å². The first-order valence-electron chi connectivity index (χ1n) is 8.86. The van der Waals surface area contributed by atoms with Crippen LogP contribution in [0.4, 0.5) is 0 Å². The Morgan fingerprint density at radius 2 is 1.89 bits per heavy atom. The quantitative estimate of drug-likeness (QED) is 0.770. The lowest BCUT2D eigenvalue weighted by Gasteiger charge is -2.21. The average Bonchev–Trinajstić information content (AvgIpc) is 2.63. The van der Waals surface area contributed by atoms with Gasteiger partial charge in [0.2, 0.25) is 0 Å². The van der Waals surface area contributed by atoms with Gasteiger partial charge in [-0.05, 0) is 36.8 Å². The van der Waals surface area contributed by atoms with Gasteiger partial charge < -0.3 is 19.7 Å². The maximum atomic E-state index is 12.4. The Bertz CT molecular complexity index is 829. The molecule has 0 spiro atoms. The fourth-order valence-corrected chi connectivity index (χ4v) is 3.51. The van der Waals surface area contributed by atoms with E-state index >= 15 is 0 Å². The van der Waals surface area contributed by atoms with Crippen LogP contribution in [0.5, 0.6) is 11.5 Å². The summed E-state index contributed by atoms with van der Waals surface area (Å²) in [6, 6.07) is 11.0. The first-order valence-corrected chi connectivity index (χ1v) is 9.62. The van der Waals surface area contributed by atoms with E-state index in [4.69, 9.17) is 32.7 Å². The van der Waals surface area contributed by atoms with Gasteiger partial charge in [-0.15, -0.1) is 0 Å². The fraction of sp³-hybridized carbons (Fsp3) is 0.350. The van der Waals surface area contributed by atoms with Gasteiger partial charge in [0, 0.05) is 10.6 Å². The summed E-state index contributed by atoms with van der Waals surface area (Å²) >= 11 is 12.1. The van der Waals surface area contributed by atoms with Crippen LogP contribution in [0, 0.1) is 0 Å². The summed E-state index contributed by atoms with van der Waals surface area (Å²) in [7, 11) is 1.96. The van der Waals surface area contributed by atoms with E-state index in [0.717, 1.165) is 27.5 Å². The third-order valence-electron chi connectivity index (χ3n) is 4.41. The van der Waals surface area contributed by atoms with Crippen molar-refractivity contribution in [1.29, 1.82) is 0 Å². The maximum absolute atomic E-state index is 12.4. The van der Waals surface area contributed by atoms with Crippen LogP contribution in [0.3, 0.4) is 0 Å². The van der Waals surface area contributed by atoms with Crippen LogP contribution in [0.15, 0.2) is 36.4 Å². The largest absolute Gasteiger partial charge is 0.486 e. The van der Waals surface area contributed by atoms with Crippen LogP contribution in [-0.4, -0.2) is 32.7 Å². The molecular formula is C20H23Cl2N2O3+. The van der Waals surface area contributed by atoms with Gasteiger partial charge in [0.05, 0.1) is 18.1 Å². The van der Waals surface area contributed by atoms with Gasteiger partial charge in [0.15, 0.2) is 18.0 Å². The van der Waals surface area contributed by atoms with E-state index < -0.39 is 0 Å². The SMILES string of the molecule is C[C@H](NC(=O)C[NH+](C)Cc1ccc(Cl)cc1Cl)c1ccc2c(c1)OCCO2. The van der Waals surface area contributed by atoms with Crippen molar-refractivity contribution in [2.75, 3.05) is 26.8 Å². The number of carbonyl (C=O) groups is 1. The van der Waals surface area contributed by atoms with Crippen molar-refractivity contribution in [3.05, 3.63) is 57.6 Å². The number of benzene rings is 2. The zero-order valence-electron chi connectivity index (χ0n) is 15.4. The minimum absolute atomic E-state index is 0.0278. The predicted molar refractivity (Wildman–Crippen MR) is 106 cm³/mol. The molecule has 27 heavy (non-hydrogen) atoms. The first kappa shape index (κ1) is 19.8. The van der Waals surface area contributed by atoms with E-state index in [0.29, 0.717) is 36.3 Å². The molecule has 5 nitrogen and oxygen atoms in total. The molecule has 1 amide bonds. The number of nitrogens with one attached hydrogen (secondary N) is 2. The number of halogens is 2. The molecule has 2 aromatic carbocycles. The van der Waals surface area contributed by atoms with Crippen LogP contribution in [0.25, 0.3) is 0 Å². The number of hydrogen-bond acceptors (Lipinski definition) is 3. The van der Waals surface area contributed by atoms with E-state index in [9.17, 15) is 4.79 Å². The molecule has 0 fully saturated rings. The average molecular weight is 410 g/mol. The molecule has 7 heteroatoms. The Balaban J connectivity index is 1.55. The zero-order valence-corrected chi connectivity index (χ0v) is 16.9. The molecule has 0 bridgehead atoms. The lowest BCUT2D eigenvalue weighted by atomic mass is 10.1. The molecule has 0 aliphatic carbocycles. The third-order valence-corrected chi connectivity index (χ3v) is 5.00. The normalized spacial score (nSPS) is 15.1. The molecule has 1 aliphatic heterocycles. The summed E-state index contributed by atoms with van der Waals surface area (Å²) < 4.78 is 11.1. The molecule has 1 unspecified atom stereocenters. The number of quaternary nitrogens is 1. The highest BCUT2D eigenvalue weighted by atomic mass is 35.5. The number of ether oxygens (including phenoxy) is 2. The summed E-state index contributed by atoms with van der Waals surface area (Å²) in [5.41, 5.74) is 1.94. The Labute approximate surface area is 169 Å². The number of hydrogen-bond donors (Lipinski definition) is 2. The zero-order chi connectivity index (χ0) is 19.4. The molecular weight excluding hydrogens is 387 g/mol. The Morgan fingerprint density at radius 1 is 1.15 bits per heavy atom. The molecule has 2 aromatic rings. The molecule has 1 heterocycles. The van der Waals surface area contributed by atoms with Gasteiger partial charge in [-0.3, -0.25) is 4.79 Å². The second kappa shape index (κ2) is 8.83. The number of amides is 1. The molecule has 0 aromatic heterocycles. The summed E-state index contributed by atoms with van der Waals surface area (Å²) in [5, 5.41) is 4.25. The molecule has 2 atom stereocenters. The summed E-state index contributed by atoms with van der Waals surface area (Å²) in [4.78, 5) is 13.4. The predicted octanol–water partition coefficient (Wildman–Crippen LogP) is 2.66. The van der Waals surface area contributed by atoms with Crippen molar-refractivity contribution in [2.24, 2.45) is 0 Å². The van der Waals surface area contributed by atoms with Crippen molar-refractivity contribution in [2.45, 2.75) is 19.5 Å².